The fourth-order valence-electron chi connectivity index (χ4n) is 1.64. The van der Waals surface area contributed by atoms with Gasteiger partial charge in [0.25, 0.3) is 11.5 Å². The summed E-state index contributed by atoms with van der Waals surface area (Å²) >= 11 is 0. The average Bonchev–Trinajstić information content (AvgIpc) is 2.46. The number of nitrogens with zero attached hydrogens (tertiary/aromatic N) is 2. The van der Waals surface area contributed by atoms with Crippen LogP contribution in [0, 0.1) is 0 Å². The summed E-state index contributed by atoms with van der Waals surface area (Å²) in [5, 5.41) is 8.19. The van der Waals surface area contributed by atoms with Crippen LogP contribution in [0.2, 0.25) is 0 Å². The molecule has 0 aromatic carbocycles. The van der Waals surface area contributed by atoms with Crippen molar-refractivity contribution in [3.05, 3.63) is 28.2 Å². The normalized spacial score (nSPS) is 15.1. The molecule has 0 radical (unpaired) electrons. The van der Waals surface area contributed by atoms with Gasteiger partial charge in [-0.25, -0.2) is 5.10 Å². The van der Waals surface area contributed by atoms with Crippen molar-refractivity contribution in [3.8, 4) is 0 Å². The van der Waals surface area contributed by atoms with E-state index in [1.807, 2.05) is 0 Å². The molecular weight excluding hydrogens is 252 g/mol. The first kappa shape index (κ1) is 13.2. The Morgan fingerprint density at radius 2 is 2.11 bits per heavy atom. The van der Waals surface area contributed by atoms with Crippen LogP contribution in [0.1, 0.15) is 10.5 Å². The van der Waals surface area contributed by atoms with Gasteiger partial charge in [0.1, 0.15) is 5.69 Å². The summed E-state index contributed by atoms with van der Waals surface area (Å²) in [5.74, 6) is -0.668. The van der Waals surface area contributed by atoms with E-state index >= 15 is 0 Å². The lowest BCUT2D eigenvalue weighted by atomic mass is 10.3. The van der Waals surface area contributed by atoms with E-state index in [0.717, 1.165) is 0 Å². The molecule has 2 rings (SSSR count). The Bertz CT molecular complexity index is 501. The summed E-state index contributed by atoms with van der Waals surface area (Å²) in [6, 6.07) is 2.50. The maximum atomic E-state index is 11.8. The van der Waals surface area contributed by atoms with Crippen molar-refractivity contribution < 1.29 is 14.3 Å². The van der Waals surface area contributed by atoms with Crippen molar-refractivity contribution in [2.24, 2.45) is 0 Å². The van der Waals surface area contributed by atoms with Gasteiger partial charge in [-0.2, -0.15) is 5.10 Å². The third kappa shape index (κ3) is 3.62. The van der Waals surface area contributed by atoms with Gasteiger partial charge in [-0.1, -0.05) is 0 Å². The quantitative estimate of drug-likeness (QED) is 0.682. The molecule has 1 saturated heterocycles. The predicted molar refractivity (Wildman–Crippen MR) is 64.6 cm³/mol. The van der Waals surface area contributed by atoms with E-state index in [1.54, 1.807) is 4.90 Å². The predicted octanol–water partition coefficient (Wildman–Crippen LogP) is -1.64. The minimum absolute atomic E-state index is 0.0642. The molecule has 1 aromatic heterocycles. The van der Waals surface area contributed by atoms with E-state index in [4.69, 9.17) is 4.74 Å². The van der Waals surface area contributed by atoms with E-state index in [1.165, 1.54) is 12.1 Å². The zero-order chi connectivity index (χ0) is 13.7. The molecule has 2 amide bonds. The second-order valence-electron chi connectivity index (χ2n) is 3.98. The van der Waals surface area contributed by atoms with Gasteiger partial charge in [0.2, 0.25) is 5.91 Å². The number of H-pyrrole nitrogens is 1. The molecule has 102 valence electrons. The van der Waals surface area contributed by atoms with Crippen LogP contribution in [-0.4, -0.2) is 59.8 Å². The number of amides is 2. The fraction of sp³-hybridized carbons (Fsp3) is 0.455. The van der Waals surface area contributed by atoms with Crippen LogP contribution in [0.4, 0.5) is 0 Å². The van der Waals surface area contributed by atoms with Crippen molar-refractivity contribution in [3.63, 3.8) is 0 Å². The lowest BCUT2D eigenvalue weighted by molar-refractivity contribution is -0.134. The first-order valence-corrected chi connectivity index (χ1v) is 5.86. The average molecular weight is 266 g/mol. The molecule has 0 unspecified atom stereocenters. The molecule has 0 spiro atoms. The summed E-state index contributed by atoms with van der Waals surface area (Å²) in [7, 11) is 0. The Kier molecular flexibility index (Phi) is 4.24. The summed E-state index contributed by atoms with van der Waals surface area (Å²) in [5.41, 5.74) is -0.324. The Hall–Kier alpha value is -2.22. The largest absolute Gasteiger partial charge is 0.378 e. The molecule has 0 saturated carbocycles. The highest BCUT2D eigenvalue weighted by Gasteiger charge is 2.17. The molecule has 1 aliphatic heterocycles. The van der Waals surface area contributed by atoms with Crippen LogP contribution < -0.4 is 10.9 Å². The number of hydrogen-bond donors (Lipinski definition) is 2. The number of hydrogen-bond acceptors (Lipinski definition) is 5. The smallest absolute Gasteiger partial charge is 0.272 e. The number of aromatic amines is 1. The highest BCUT2D eigenvalue weighted by molar-refractivity contribution is 5.94. The number of ether oxygens (including phenoxy) is 1. The molecule has 1 aromatic rings. The van der Waals surface area contributed by atoms with Gasteiger partial charge < -0.3 is 15.0 Å². The van der Waals surface area contributed by atoms with Crippen molar-refractivity contribution in [2.75, 3.05) is 32.8 Å². The highest BCUT2D eigenvalue weighted by Crippen LogP contribution is 1.97. The van der Waals surface area contributed by atoms with Gasteiger partial charge in [0.15, 0.2) is 0 Å². The van der Waals surface area contributed by atoms with Crippen LogP contribution in [-0.2, 0) is 9.53 Å². The molecule has 1 fully saturated rings. The zero-order valence-corrected chi connectivity index (χ0v) is 10.2. The first-order valence-electron chi connectivity index (χ1n) is 5.86. The van der Waals surface area contributed by atoms with Crippen molar-refractivity contribution in [1.82, 2.24) is 20.4 Å². The summed E-state index contributed by atoms with van der Waals surface area (Å²) < 4.78 is 5.13. The molecule has 2 N–H and O–H groups in total. The summed E-state index contributed by atoms with van der Waals surface area (Å²) in [6.45, 7) is 2.00. The highest BCUT2D eigenvalue weighted by atomic mass is 16.5. The second kappa shape index (κ2) is 6.10. The maximum absolute atomic E-state index is 11.8. The molecule has 8 heteroatoms. The molecule has 0 bridgehead atoms. The Balaban J connectivity index is 1.84. The van der Waals surface area contributed by atoms with Gasteiger partial charge in [0, 0.05) is 19.2 Å². The lowest BCUT2D eigenvalue weighted by Crippen LogP contribution is -2.45. The number of nitrogens with one attached hydrogen (secondary N) is 2. The van der Waals surface area contributed by atoms with Crippen LogP contribution >= 0.6 is 0 Å². The Morgan fingerprint density at radius 3 is 2.74 bits per heavy atom. The van der Waals surface area contributed by atoms with Crippen molar-refractivity contribution in [1.29, 1.82) is 0 Å². The standard InChI is InChI=1S/C11H14N4O4/c16-9-2-1-8(13-14-9)11(18)12-7-10(17)15-3-5-19-6-4-15/h1-2H,3-7H2,(H,12,18)(H,14,16). The maximum Gasteiger partial charge on any atom is 0.272 e. The fourth-order valence-corrected chi connectivity index (χ4v) is 1.64. The number of morpholine rings is 1. The van der Waals surface area contributed by atoms with E-state index < -0.39 is 5.91 Å². The summed E-state index contributed by atoms with van der Waals surface area (Å²) in [4.78, 5) is 35.8. The Labute approximate surface area is 108 Å². The number of carbonyl (C=O) groups is 2. The van der Waals surface area contributed by atoms with Gasteiger partial charge in [-0.15, -0.1) is 0 Å². The van der Waals surface area contributed by atoms with Crippen LogP contribution in [0.25, 0.3) is 0 Å². The van der Waals surface area contributed by atoms with Crippen LogP contribution in [0.3, 0.4) is 0 Å². The molecule has 2 heterocycles. The van der Waals surface area contributed by atoms with E-state index in [0.29, 0.717) is 26.3 Å². The third-order valence-corrected chi connectivity index (χ3v) is 2.68. The van der Waals surface area contributed by atoms with Crippen LogP contribution in [0.15, 0.2) is 16.9 Å². The SMILES string of the molecule is O=C(NCC(=O)N1CCOCC1)c1ccc(=O)[nH]n1. The van der Waals surface area contributed by atoms with Crippen LogP contribution in [0.5, 0.6) is 0 Å². The third-order valence-electron chi connectivity index (χ3n) is 2.68. The number of aromatic nitrogens is 2. The molecule has 1 aliphatic rings. The molecule has 0 aliphatic carbocycles. The number of carbonyl (C=O) groups excluding carboxylic acids is 2. The van der Waals surface area contributed by atoms with Crippen molar-refractivity contribution in [2.45, 2.75) is 0 Å². The zero-order valence-electron chi connectivity index (χ0n) is 10.2. The monoisotopic (exact) mass is 266 g/mol. The van der Waals surface area contributed by atoms with Gasteiger partial charge in [-0.3, -0.25) is 14.4 Å². The lowest BCUT2D eigenvalue weighted by Gasteiger charge is -2.26. The van der Waals surface area contributed by atoms with Crippen molar-refractivity contribution >= 4 is 11.8 Å². The minimum atomic E-state index is -0.502. The Morgan fingerprint density at radius 1 is 1.37 bits per heavy atom. The molecular formula is C11H14N4O4. The van der Waals surface area contributed by atoms with E-state index in [2.05, 4.69) is 15.5 Å². The second-order valence-corrected chi connectivity index (χ2v) is 3.98. The summed E-state index contributed by atoms with van der Waals surface area (Å²) in [6.07, 6.45) is 0. The number of rotatable bonds is 3. The van der Waals surface area contributed by atoms with Gasteiger partial charge >= 0.3 is 0 Å². The topological polar surface area (TPSA) is 104 Å². The molecule has 8 nitrogen and oxygen atoms in total. The first-order chi connectivity index (χ1) is 9.16. The minimum Gasteiger partial charge on any atom is -0.378 e. The van der Waals surface area contributed by atoms with Gasteiger partial charge in [0.05, 0.1) is 19.8 Å². The van der Waals surface area contributed by atoms with E-state index in [-0.39, 0.29) is 23.7 Å². The van der Waals surface area contributed by atoms with E-state index in [9.17, 15) is 14.4 Å². The molecule has 19 heavy (non-hydrogen) atoms. The molecule has 0 atom stereocenters. The van der Waals surface area contributed by atoms with Gasteiger partial charge in [-0.05, 0) is 6.07 Å².